The van der Waals surface area contributed by atoms with Crippen LogP contribution in [0.1, 0.15) is 17.3 Å². The second-order valence-corrected chi connectivity index (χ2v) is 3.91. The summed E-state index contributed by atoms with van der Waals surface area (Å²) in [6.07, 6.45) is 0. The molecule has 0 heterocycles. The zero-order valence-electron chi connectivity index (χ0n) is 9.32. The van der Waals surface area contributed by atoms with Crippen LogP contribution < -0.4 is 4.74 Å². The van der Waals surface area contributed by atoms with E-state index in [-0.39, 0.29) is 17.9 Å². The highest BCUT2D eigenvalue weighted by atomic mass is 79.9. The topological polar surface area (TPSA) is 72.8 Å². The monoisotopic (exact) mass is 302 g/mol. The van der Waals surface area contributed by atoms with E-state index in [1.165, 1.54) is 19.2 Å². The van der Waals surface area contributed by atoms with Crippen LogP contribution in [-0.4, -0.2) is 30.6 Å². The van der Waals surface area contributed by atoms with Gasteiger partial charge < -0.3 is 14.6 Å². The Morgan fingerprint density at radius 1 is 1.41 bits per heavy atom. The van der Waals surface area contributed by atoms with E-state index in [4.69, 9.17) is 4.74 Å². The lowest BCUT2D eigenvalue weighted by molar-refractivity contribution is -0.137. The van der Waals surface area contributed by atoms with Crippen LogP contribution >= 0.6 is 15.9 Å². The lowest BCUT2D eigenvalue weighted by Crippen LogP contribution is -2.17. The molecule has 0 aliphatic rings. The smallest absolute Gasteiger partial charge is 0.379 e. The van der Waals surface area contributed by atoms with Crippen molar-refractivity contribution in [1.29, 1.82) is 0 Å². The van der Waals surface area contributed by atoms with E-state index >= 15 is 0 Å². The molecule has 0 fully saturated rings. The Bertz CT molecular complexity index is 455. The first-order valence-electron chi connectivity index (χ1n) is 4.79. The van der Waals surface area contributed by atoms with Gasteiger partial charge in [-0.2, -0.15) is 0 Å². The number of Topliss-reactive ketones (excluding diaryl/α,β-unsaturated/α-hetero) is 1. The Balaban J connectivity index is 3.13. The third-order valence-corrected chi connectivity index (χ3v) is 2.60. The van der Waals surface area contributed by atoms with Crippen LogP contribution in [0.25, 0.3) is 0 Å². The maximum Gasteiger partial charge on any atom is 0.379 e. The van der Waals surface area contributed by atoms with Gasteiger partial charge in [0.1, 0.15) is 11.5 Å². The summed E-state index contributed by atoms with van der Waals surface area (Å²) in [6, 6.07) is 2.56. The molecule has 92 valence electrons. The Morgan fingerprint density at radius 3 is 2.59 bits per heavy atom. The maximum atomic E-state index is 11.6. The van der Waals surface area contributed by atoms with Crippen molar-refractivity contribution in [1.82, 2.24) is 0 Å². The SMILES string of the molecule is CCOC(=O)C(=O)c1cc(OC)c(Br)cc1O. The molecule has 0 unspecified atom stereocenters. The van der Waals surface area contributed by atoms with Gasteiger partial charge in [0.15, 0.2) is 0 Å². The Labute approximate surface area is 106 Å². The summed E-state index contributed by atoms with van der Waals surface area (Å²) in [5.74, 6) is -1.88. The molecule has 0 aromatic heterocycles. The van der Waals surface area contributed by atoms with Gasteiger partial charge in [0.25, 0.3) is 5.78 Å². The standard InChI is InChI=1S/C11H11BrO5/c1-3-17-11(15)10(14)6-4-9(16-2)7(12)5-8(6)13/h4-5,13H,3H2,1-2H3. The fraction of sp³-hybridized carbons (Fsp3) is 0.273. The van der Waals surface area contributed by atoms with Crippen molar-refractivity contribution in [3.8, 4) is 11.5 Å². The molecule has 5 nitrogen and oxygen atoms in total. The second-order valence-electron chi connectivity index (χ2n) is 3.05. The Hall–Kier alpha value is -1.56. The largest absolute Gasteiger partial charge is 0.507 e. The molecule has 0 atom stereocenters. The summed E-state index contributed by atoms with van der Waals surface area (Å²) in [5.41, 5.74) is -0.150. The number of ketones is 1. The van der Waals surface area contributed by atoms with Crippen LogP contribution in [0.2, 0.25) is 0 Å². The molecule has 0 bridgehead atoms. The van der Waals surface area contributed by atoms with Gasteiger partial charge in [-0.3, -0.25) is 4.79 Å². The summed E-state index contributed by atoms with van der Waals surface area (Å²) in [4.78, 5) is 22.9. The number of phenolic OH excluding ortho intramolecular Hbond substituents is 1. The van der Waals surface area contributed by atoms with Gasteiger partial charge in [-0.1, -0.05) is 0 Å². The molecule has 1 aromatic carbocycles. The number of phenols is 1. The minimum atomic E-state index is -1.01. The van der Waals surface area contributed by atoms with Crippen molar-refractivity contribution < 1.29 is 24.2 Å². The minimum Gasteiger partial charge on any atom is -0.507 e. The number of hydrogen-bond donors (Lipinski definition) is 1. The molecule has 1 rings (SSSR count). The molecule has 0 saturated carbocycles. The van der Waals surface area contributed by atoms with Crippen LogP contribution in [0, 0.1) is 0 Å². The molecule has 0 radical (unpaired) electrons. The number of carbonyl (C=O) groups excluding carboxylic acids is 2. The van der Waals surface area contributed by atoms with E-state index in [9.17, 15) is 14.7 Å². The highest BCUT2D eigenvalue weighted by Crippen LogP contribution is 2.32. The first-order chi connectivity index (χ1) is 8.01. The molecule has 0 spiro atoms. The van der Waals surface area contributed by atoms with Crippen LogP contribution in [0.3, 0.4) is 0 Å². The fourth-order valence-electron chi connectivity index (χ4n) is 1.19. The quantitative estimate of drug-likeness (QED) is 0.522. The van der Waals surface area contributed by atoms with E-state index in [2.05, 4.69) is 20.7 Å². The van der Waals surface area contributed by atoms with E-state index in [0.717, 1.165) is 0 Å². The number of halogens is 1. The van der Waals surface area contributed by atoms with E-state index in [1.54, 1.807) is 6.92 Å². The van der Waals surface area contributed by atoms with Gasteiger partial charge in [0.2, 0.25) is 0 Å². The predicted molar refractivity (Wildman–Crippen MR) is 63.3 cm³/mol. The maximum absolute atomic E-state index is 11.6. The summed E-state index contributed by atoms with van der Waals surface area (Å²) in [6.45, 7) is 1.69. The van der Waals surface area contributed by atoms with E-state index in [1.807, 2.05) is 0 Å². The van der Waals surface area contributed by atoms with Crippen molar-refractivity contribution in [3.05, 3.63) is 22.2 Å². The van der Waals surface area contributed by atoms with Crippen LogP contribution in [0.5, 0.6) is 11.5 Å². The van der Waals surface area contributed by atoms with E-state index < -0.39 is 11.8 Å². The first-order valence-corrected chi connectivity index (χ1v) is 5.58. The van der Waals surface area contributed by atoms with Crippen molar-refractivity contribution in [2.75, 3.05) is 13.7 Å². The molecule has 17 heavy (non-hydrogen) atoms. The molecular weight excluding hydrogens is 292 g/mol. The molecule has 0 saturated heterocycles. The van der Waals surface area contributed by atoms with E-state index in [0.29, 0.717) is 10.2 Å². The van der Waals surface area contributed by atoms with Crippen molar-refractivity contribution in [3.63, 3.8) is 0 Å². The average Bonchev–Trinajstić information content (AvgIpc) is 2.29. The zero-order valence-corrected chi connectivity index (χ0v) is 10.9. The number of benzene rings is 1. The minimum absolute atomic E-state index is 0.0962. The molecule has 1 N–H and O–H groups in total. The second kappa shape index (κ2) is 5.67. The zero-order chi connectivity index (χ0) is 13.0. The third kappa shape index (κ3) is 2.97. The number of hydrogen-bond acceptors (Lipinski definition) is 5. The summed E-state index contributed by atoms with van der Waals surface area (Å²) in [5, 5.41) is 9.58. The number of rotatable bonds is 4. The Morgan fingerprint density at radius 2 is 2.06 bits per heavy atom. The number of carbonyl (C=O) groups is 2. The highest BCUT2D eigenvalue weighted by Gasteiger charge is 2.22. The molecule has 0 aliphatic heterocycles. The molecule has 1 aromatic rings. The molecule has 6 heteroatoms. The molecule has 0 amide bonds. The van der Waals surface area contributed by atoms with Crippen molar-refractivity contribution >= 4 is 27.7 Å². The fourth-order valence-corrected chi connectivity index (χ4v) is 1.68. The normalized spacial score (nSPS) is 9.82. The highest BCUT2D eigenvalue weighted by molar-refractivity contribution is 9.10. The van der Waals surface area contributed by atoms with Gasteiger partial charge >= 0.3 is 5.97 Å². The predicted octanol–water partition coefficient (Wildman–Crippen LogP) is 1.91. The van der Waals surface area contributed by atoms with Crippen LogP contribution in [0.15, 0.2) is 16.6 Å². The van der Waals surface area contributed by atoms with Crippen LogP contribution in [0.4, 0.5) is 0 Å². The number of esters is 1. The molecule has 0 aliphatic carbocycles. The first kappa shape index (κ1) is 13.5. The average molecular weight is 303 g/mol. The lowest BCUT2D eigenvalue weighted by Gasteiger charge is -2.08. The van der Waals surface area contributed by atoms with Crippen molar-refractivity contribution in [2.45, 2.75) is 6.92 Å². The summed E-state index contributed by atoms with van der Waals surface area (Å²) < 4.78 is 10.0. The van der Waals surface area contributed by atoms with Gasteiger partial charge in [-0.25, -0.2) is 4.79 Å². The van der Waals surface area contributed by atoms with Gasteiger partial charge in [0, 0.05) is 0 Å². The lowest BCUT2D eigenvalue weighted by atomic mass is 10.1. The van der Waals surface area contributed by atoms with Gasteiger partial charge in [-0.15, -0.1) is 0 Å². The van der Waals surface area contributed by atoms with Gasteiger partial charge in [-0.05, 0) is 35.0 Å². The van der Waals surface area contributed by atoms with Crippen LogP contribution in [-0.2, 0) is 9.53 Å². The summed E-state index contributed by atoms with van der Waals surface area (Å²) >= 11 is 3.15. The van der Waals surface area contributed by atoms with Crippen molar-refractivity contribution in [2.24, 2.45) is 0 Å². The van der Waals surface area contributed by atoms with Gasteiger partial charge in [0.05, 0.1) is 23.8 Å². The third-order valence-electron chi connectivity index (χ3n) is 1.98. The number of ether oxygens (including phenoxy) is 2. The number of aromatic hydroxyl groups is 1. The molecular formula is C11H11BrO5. The number of methoxy groups -OCH3 is 1. The Kier molecular flexibility index (Phi) is 4.51. The summed E-state index contributed by atoms with van der Waals surface area (Å²) in [7, 11) is 1.41.